The van der Waals surface area contributed by atoms with E-state index >= 15 is 0 Å². The average molecular weight is 1170 g/mol. The van der Waals surface area contributed by atoms with E-state index in [1.54, 1.807) is 0 Å². The van der Waals surface area contributed by atoms with Gasteiger partial charge in [-0.15, -0.1) is 0 Å². The van der Waals surface area contributed by atoms with E-state index in [0.717, 1.165) is 123 Å². The van der Waals surface area contributed by atoms with Crippen molar-refractivity contribution in [2.45, 2.75) is 0 Å². The van der Waals surface area contributed by atoms with Crippen molar-refractivity contribution in [3.63, 3.8) is 0 Å². The van der Waals surface area contributed by atoms with E-state index in [-0.39, 0.29) is 0 Å². The summed E-state index contributed by atoms with van der Waals surface area (Å²) in [5.41, 5.74) is 26.1. The summed E-state index contributed by atoms with van der Waals surface area (Å²) in [6.07, 6.45) is 0. The molecule has 0 spiro atoms. The first-order valence-corrected chi connectivity index (χ1v) is 31.0. The number of nitrogens with zero attached hydrogens (tertiary/aromatic N) is 6. The van der Waals surface area contributed by atoms with Crippen molar-refractivity contribution in [3.8, 4) is 84.5 Å². The maximum Gasteiger partial charge on any atom is 0.187 e. The lowest BCUT2D eigenvalue weighted by Gasteiger charge is -2.15. The van der Waals surface area contributed by atoms with Crippen LogP contribution in [0.5, 0.6) is 0 Å². The van der Waals surface area contributed by atoms with Crippen LogP contribution in [0.15, 0.2) is 315 Å². The summed E-state index contributed by atoms with van der Waals surface area (Å²) < 4.78 is 9.44. The molecule has 6 nitrogen and oxygen atoms in total. The Bertz CT molecular complexity index is 5780. The zero-order valence-corrected chi connectivity index (χ0v) is 49.7. The lowest BCUT2D eigenvalue weighted by Crippen LogP contribution is -1.95. The number of aromatic nitrogens is 4. The third-order valence-corrected chi connectivity index (χ3v) is 18.8. The zero-order chi connectivity index (χ0) is 61.0. The summed E-state index contributed by atoms with van der Waals surface area (Å²) in [6.45, 7) is 7.52. The second kappa shape index (κ2) is 21.0. The summed E-state index contributed by atoms with van der Waals surface area (Å²) in [5, 5.41) is 19.1. The summed E-state index contributed by atoms with van der Waals surface area (Å²) in [5.74, 6) is 0. The highest BCUT2D eigenvalue weighted by Crippen LogP contribution is 2.43. The first-order chi connectivity index (χ1) is 45.5. The SMILES string of the molecule is [C-]#[N+]c1ccc(-n2c3ccccc3c3cc(-c4ccc5c(c4)c4ccccc4n5-c4cccc(-c5cc(-c6ccccc6)cc(-c6cccc(-n7c8ccccc8c8cc(-c9ccc%10c(c9)c9ccccc9n%10-c9ccc(C#N)cc9)ccc87)c6)c5)c4)ccc32)cc1. The molecule has 0 saturated carbocycles. The minimum Gasteiger partial charge on any atom is -0.309 e. The third kappa shape index (κ3) is 8.40. The molecule has 0 bridgehead atoms. The van der Waals surface area contributed by atoms with Gasteiger partial charge >= 0.3 is 0 Å². The molecule has 0 amide bonds. The van der Waals surface area contributed by atoms with Gasteiger partial charge < -0.3 is 18.3 Å². The number of nitriles is 1. The number of benzene rings is 14. The number of rotatable bonds is 9. The monoisotopic (exact) mass is 1170 g/mol. The van der Waals surface area contributed by atoms with Crippen molar-refractivity contribution in [2.75, 3.05) is 0 Å². The first-order valence-electron chi connectivity index (χ1n) is 31.0. The van der Waals surface area contributed by atoms with Crippen LogP contribution in [-0.2, 0) is 0 Å². The van der Waals surface area contributed by atoms with Crippen LogP contribution in [0.25, 0.3) is 170 Å². The van der Waals surface area contributed by atoms with Gasteiger partial charge in [-0.1, -0.05) is 164 Å². The predicted octanol–water partition coefficient (Wildman–Crippen LogP) is 22.8. The summed E-state index contributed by atoms with van der Waals surface area (Å²) in [4.78, 5) is 3.64. The molecule has 0 radical (unpaired) electrons. The molecular formula is C86H52N6. The van der Waals surface area contributed by atoms with Gasteiger partial charge in [-0.05, 0) is 207 Å². The topological polar surface area (TPSA) is 47.9 Å². The minimum atomic E-state index is 0.631. The van der Waals surface area contributed by atoms with Crippen molar-refractivity contribution in [2.24, 2.45) is 0 Å². The average Bonchev–Trinajstić information content (AvgIpc) is 1.60. The Morgan fingerprint density at radius 3 is 0.902 bits per heavy atom. The van der Waals surface area contributed by atoms with Crippen molar-refractivity contribution < 1.29 is 0 Å². The fraction of sp³-hybridized carbons (Fsp3) is 0. The Morgan fingerprint density at radius 1 is 0.228 bits per heavy atom. The van der Waals surface area contributed by atoms with Crippen LogP contribution in [0.1, 0.15) is 5.56 Å². The van der Waals surface area contributed by atoms with Gasteiger partial charge in [-0.3, -0.25) is 0 Å². The van der Waals surface area contributed by atoms with Crippen molar-refractivity contribution >= 4 is 92.9 Å². The van der Waals surface area contributed by atoms with E-state index < -0.39 is 0 Å². The molecule has 18 rings (SSSR count). The Hall–Kier alpha value is -12.7. The number of para-hydroxylation sites is 4. The molecule has 4 aromatic heterocycles. The van der Waals surface area contributed by atoms with Crippen molar-refractivity contribution in [1.82, 2.24) is 18.3 Å². The molecule has 0 unspecified atom stereocenters. The summed E-state index contributed by atoms with van der Waals surface area (Å²) in [7, 11) is 0. The highest BCUT2D eigenvalue weighted by atomic mass is 15.0. The van der Waals surface area contributed by atoms with E-state index in [1.165, 1.54) is 43.1 Å². The smallest absolute Gasteiger partial charge is 0.187 e. The molecule has 18 aromatic rings. The Balaban J connectivity index is 0.716. The largest absolute Gasteiger partial charge is 0.309 e. The summed E-state index contributed by atoms with van der Waals surface area (Å²) >= 11 is 0. The lowest BCUT2D eigenvalue weighted by molar-refractivity contribution is 1.18. The van der Waals surface area contributed by atoms with Gasteiger partial charge in [0, 0.05) is 65.8 Å². The normalized spacial score (nSPS) is 11.7. The lowest BCUT2D eigenvalue weighted by atomic mass is 9.93. The molecule has 14 aromatic carbocycles. The number of hydrogen-bond donors (Lipinski definition) is 0. The van der Waals surface area contributed by atoms with Gasteiger partial charge in [0.2, 0.25) is 0 Å². The van der Waals surface area contributed by atoms with Gasteiger partial charge in [0.1, 0.15) is 0 Å². The highest BCUT2D eigenvalue weighted by Gasteiger charge is 2.20. The van der Waals surface area contributed by atoms with Crippen LogP contribution in [-0.4, -0.2) is 18.3 Å². The van der Waals surface area contributed by atoms with E-state index in [9.17, 15) is 5.26 Å². The van der Waals surface area contributed by atoms with Crippen LogP contribution >= 0.6 is 0 Å². The van der Waals surface area contributed by atoms with E-state index in [2.05, 4.69) is 296 Å². The zero-order valence-electron chi connectivity index (χ0n) is 49.7. The summed E-state index contributed by atoms with van der Waals surface area (Å²) in [6, 6.07) is 116. The number of hydrogen-bond acceptors (Lipinski definition) is 1. The van der Waals surface area contributed by atoms with Crippen molar-refractivity contribution in [1.29, 1.82) is 5.26 Å². The number of fused-ring (bicyclic) bond motifs is 12. The van der Waals surface area contributed by atoms with Crippen LogP contribution in [0.4, 0.5) is 5.69 Å². The molecule has 92 heavy (non-hydrogen) atoms. The van der Waals surface area contributed by atoms with Gasteiger partial charge in [0.25, 0.3) is 0 Å². The molecule has 0 aliphatic carbocycles. The van der Waals surface area contributed by atoms with Gasteiger partial charge in [0.05, 0.1) is 62.3 Å². The van der Waals surface area contributed by atoms with Crippen LogP contribution in [0.3, 0.4) is 0 Å². The highest BCUT2D eigenvalue weighted by molar-refractivity contribution is 6.15. The second-order valence-electron chi connectivity index (χ2n) is 23.9. The maximum absolute atomic E-state index is 9.54. The van der Waals surface area contributed by atoms with Crippen LogP contribution in [0, 0.1) is 17.9 Å². The second-order valence-corrected chi connectivity index (χ2v) is 23.9. The molecule has 0 atom stereocenters. The molecule has 4 heterocycles. The molecule has 0 fully saturated rings. The van der Waals surface area contributed by atoms with Crippen LogP contribution < -0.4 is 0 Å². The predicted molar refractivity (Wildman–Crippen MR) is 382 cm³/mol. The van der Waals surface area contributed by atoms with E-state index in [0.29, 0.717) is 11.3 Å². The Morgan fingerprint density at radius 2 is 0.533 bits per heavy atom. The molecule has 0 aliphatic heterocycles. The van der Waals surface area contributed by atoms with Crippen LogP contribution in [0.2, 0.25) is 0 Å². The molecule has 0 saturated heterocycles. The van der Waals surface area contributed by atoms with Gasteiger partial charge in [0.15, 0.2) is 5.69 Å². The van der Waals surface area contributed by atoms with Gasteiger partial charge in [-0.2, -0.15) is 5.26 Å². The quantitative estimate of drug-likeness (QED) is 0.133. The third-order valence-electron chi connectivity index (χ3n) is 18.8. The van der Waals surface area contributed by atoms with E-state index in [1.807, 2.05) is 48.5 Å². The minimum absolute atomic E-state index is 0.631. The standard InChI is InChI=1S/C86H52N6/c1-88-66-35-39-68(40-36-66)90-80-26-10-6-22-72(80)76-51-60(32-42-84(76)90)62-34-44-86-78(53-62)74-24-8-12-28-82(74)92(86)70-20-14-18-58(49-70)65-46-63(56-15-3-2-4-16-56)45-64(47-65)57-17-13-19-69(48-57)91-81-27-11-7-23-73(81)77-52-61(33-43-85(77)91)59-31-41-83-75(50-59)71-21-5-9-25-79(71)89(83)67-37-29-55(54-87)30-38-67/h2-53H. The Labute approximate surface area is 530 Å². The Kier molecular flexibility index (Phi) is 11.9. The van der Waals surface area contributed by atoms with Gasteiger partial charge in [-0.25, -0.2) is 4.85 Å². The first kappa shape index (κ1) is 52.4. The molecule has 6 heteroatoms. The molecule has 0 aliphatic rings. The molecule has 426 valence electrons. The molecular weight excluding hydrogens is 1120 g/mol. The van der Waals surface area contributed by atoms with Crippen molar-refractivity contribution in [3.05, 3.63) is 332 Å². The van der Waals surface area contributed by atoms with E-state index in [4.69, 9.17) is 6.57 Å². The maximum atomic E-state index is 9.54. The fourth-order valence-electron chi connectivity index (χ4n) is 14.5. The fourth-order valence-corrected chi connectivity index (χ4v) is 14.5. The molecule has 0 N–H and O–H groups in total.